The van der Waals surface area contributed by atoms with Gasteiger partial charge in [0.15, 0.2) is 11.6 Å². The molecule has 17 heavy (non-hydrogen) atoms. The first-order chi connectivity index (χ1) is 8.22. The highest BCUT2D eigenvalue weighted by atomic mass is 32.1. The zero-order valence-corrected chi connectivity index (χ0v) is 10.3. The van der Waals surface area contributed by atoms with Crippen molar-refractivity contribution < 1.29 is 9.13 Å². The molecule has 2 N–H and O–H groups in total. The number of halogens is 1. The van der Waals surface area contributed by atoms with Gasteiger partial charge in [0.1, 0.15) is 6.10 Å². The van der Waals surface area contributed by atoms with Gasteiger partial charge >= 0.3 is 0 Å². The standard InChI is InChI=1S/C13H14FNOS/c1-9-3-2-4-11(13(9)14)16-12(7-15)10-5-6-17-8-10/h2-6,8,12H,7,15H2,1H3. The van der Waals surface area contributed by atoms with Crippen molar-refractivity contribution in [3.63, 3.8) is 0 Å². The second kappa shape index (κ2) is 5.29. The third-order valence-corrected chi connectivity index (χ3v) is 3.26. The number of hydrogen-bond donors (Lipinski definition) is 1. The van der Waals surface area contributed by atoms with Gasteiger partial charge in [0, 0.05) is 12.1 Å². The van der Waals surface area contributed by atoms with E-state index >= 15 is 0 Å². The molecule has 2 nitrogen and oxygen atoms in total. The second-order valence-electron chi connectivity index (χ2n) is 3.79. The quantitative estimate of drug-likeness (QED) is 0.905. The van der Waals surface area contributed by atoms with Gasteiger partial charge in [-0.05, 0) is 35.4 Å². The molecule has 2 rings (SSSR count). The lowest BCUT2D eigenvalue weighted by Gasteiger charge is -2.17. The molecule has 90 valence electrons. The lowest BCUT2D eigenvalue weighted by molar-refractivity contribution is 0.204. The van der Waals surface area contributed by atoms with Crippen LogP contribution >= 0.6 is 11.3 Å². The SMILES string of the molecule is Cc1cccc(OC(CN)c2ccsc2)c1F. The third kappa shape index (κ3) is 2.65. The number of aryl methyl sites for hydroxylation is 1. The Bertz CT molecular complexity index is 484. The minimum Gasteiger partial charge on any atom is -0.481 e. The smallest absolute Gasteiger partial charge is 0.167 e. The summed E-state index contributed by atoms with van der Waals surface area (Å²) in [5.41, 5.74) is 7.21. The van der Waals surface area contributed by atoms with Crippen LogP contribution in [0.25, 0.3) is 0 Å². The molecule has 0 amide bonds. The molecular formula is C13H14FNOS. The van der Waals surface area contributed by atoms with Crippen LogP contribution in [-0.2, 0) is 0 Å². The number of nitrogens with two attached hydrogens (primary N) is 1. The van der Waals surface area contributed by atoms with Crippen LogP contribution < -0.4 is 10.5 Å². The van der Waals surface area contributed by atoms with Crippen LogP contribution in [0.3, 0.4) is 0 Å². The van der Waals surface area contributed by atoms with E-state index in [9.17, 15) is 4.39 Å². The lowest BCUT2D eigenvalue weighted by Crippen LogP contribution is -2.18. The molecule has 0 saturated heterocycles. The predicted octanol–water partition coefficient (Wildman–Crippen LogP) is 3.27. The number of thiophene rings is 1. The molecule has 0 aliphatic rings. The summed E-state index contributed by atoms with van der Waals surface area (Å²) >= 11 is 1.57. The average molecular weight is 251 g/mol. The molecule has 0 aliphatic carbocycles. The Morgan fingerprint density at radius 2 is 2.24 bits per heavy atom. The van der Waals surface area contributed by atoms with Crippen molar-refractivity contribution in [2.24, 2.45) is 5.73 Å². The largest absolute Gasteiger partial charge is 0.481 e. The Morgan fingerprint density at radius 3 is 2.88 bits per heavy atom. The Balaban J connectivity index is 2.22. The minimum atomic E-state index is -0.318. The zero-order chi connectivity index (χ0) is 12.3. The van der Waals surface area contributed by atoms with Gasteiger partial charge in [-0.15, -0.1) is 0 Å². The monoisotopic (exact) mass is 251 g/mol. The highest BCUT2D eigenvalue weighted by Gasteiger charge is 2.15. The van der Waals surface area contributed by atoms with Gasteiger partial charge in [-0.1, -0.05) is 12.1 Å². The van der Waals surface area contributed by atoms with Gasteiger partial charge in [-0.2, -0.15) is 11.3 Å². The molecule has 0 radical (unpaired) electrons. The van der Waals surface area contributed by atoms with Crippen LogP contribution in [0, 0.1) is 12.7 Å². The van der Waals surface area contributed by atoms with Gasteiger partial charge in [-0.3, -0.25) is 0 Å². The predicted molar refractivity (Wildman–Crippen MR) is 67.9 cm³/mol. The van der Waals surface area contributed by atoms with Gasteiger partial charge < -0.3 is 10.5 Å². The molecule has 1 heterocycles. The Labute approximate surface area is 104 Å². The minimum absolute atomic E-state index is 0.256. The summed E-state index contributed by atoms with van der Waals surface area (Å²) in [6.45, 7) is 2.04. The molecular weight excluding hydrogens is 237 g/mol. The molecule has 0 fully saturated rings. The number of rotatable bonds is 4. The summed E-state index contributed by atoms with van der Waals surface area (Å²) in [5.74, 6) is -0.0622. The maximum atomic E-state index is 13.8. The molecule has 0 saturated carbocycles. The van der Waals surface area contributed by atoms with Crippen LogP contribution in [0.2, 0.25) is 0 Å². The topological polar surface area (TPSA) is 35.2 Å². The van der Waals surface area contributed by atoms with Crippen molar-refractivity contribution in [3.8, 4) is 5.75 Å². The van der Waals surface area contributed by atoms with Gasteiger partial charge in [0.25, 0.3) is 0 Å². The first-order valence-corrected chi connectivity index (χ1v) is 6.30. The van der Waals surface area contributed by atoms with Crippen molar-refractivity contribution in [1.29, 1.82) is 0 Å². The first-order valence-electron chi connectivity index (χ1n) is 5.36. The molecule has 1 unspecified atom stereocenters. The van der Waals surface area contributed by atoms with Crippen LogP contribution in [0.15, 0.2) is 35.0 Å². The third-order valence-electron chi connectivity index (χ3n) is 2.55. The van der Waals surface area contributed by atoms with E-state index in [1.54, 1.807) is 36.5 Å². The van der Waals surface area contributed by atoms with Crippen molar-refractivity contribution in [3.05, 3.63) is 52.0 Å². The van der Waals surface area contributed by atoms with Crippen molar-refractivity contribution in [2.45, 2.75) is 13.0 Å². The highest BCUT2D eigenvalue weighted by molar-refractivity contribution is 7.07. The van der Waals surface area contributed by atoms with Crippen LogP contribution in [-0.4, -0.2) is 6.54 Å². The van der Waals surface area contributed by atoms with Crippen LogP contribution in [0.4, 0.5) is 4.39 Å². The molecule has 0 aliphatic heterocycles. The number of ether oxygens (including phenoxy) is 1. The molecule has 0 spiro atoms. The highest BCUT2D eigenvalue weighted by Crippen LogP contribution is 2.26. The van der Waals surface area contributed by atoms with E-state index < -0.39 is 0 Å². The normalized spacial score (nSPS) is 12.4. The van der Waals surface area contributed by atoms with Crippen molar-refractivity contribution >= 4 is 11.3 Å². The van der Waals surface area contributed by atoms with E-state index in [1.165, 1.54) is 0 Å². The molecule has 1 aromatic carbocycles. The molecule has 0 bridgehead atoms. The van der Waals surface area contributed by atoms with Gasteiger partial charge in [-0.25, -0.2) is 4.39 Å². The maximum absolute atomic E-state index is 13.8. The summed E-state index contributed by atoms with van der Waals surface area (Å²) in [6.07, 6.45) is -0.294. The maximum Gasteiger partial charge on any atom is 0.167 e. The van der Waals surface area contributed by atoms with Crippen LogP contribution in [0.5, 0.6) is 5.75 Å². The van der Waals surface area contributed by atoms with E-state index in [2.05, 4.69) is 0 Å². The second-order valence-corrected chi connectivity index (χ2v) is 4.57. The fourth-order valence-electron chi connectivity index (χ4n) is 1.58. The first kappa shape index (κ1) is 12.1. The van der Waals surface area contributed by atoms with E-state index in [0.717, 1.165) is 5.56 Å². The summed E-state index contributed by atoms with van der Waals surface area (Å²) < 4.78 is 19.4. The fourth-order valence-corrected chi connectivity index (χ4v) is 2.28. The summed E-state index contributed by atoms with van der Waals surface area (Å²) in [7, 11) is 0. The number of benzene rings is 1. The van der Waals surface area contributed by atoms with Crippen molar-refractivity contribution in [2.75, 3.05) is 6.54 Å². The van der Waals surface area contributed by atoms with E-state index in [0.29, 0.717) is 12.1 Å². The van der Waals surface area contributed by atoms with Crippen molar-refractivity contribution in [1.82, 2.24) is 0 Å². The number of hydrogen-bond acceptors (Lipinski definition) is 3. The summed E-state index contributed by atoms with van der Waals surface area (Å²) in [5, 5.41) is 3.92. The Kier molecular flexibility index (Phi) is 3.76. The van der Waals surface area contributed by atoms with E-state index in [4.69, 9.17) is 10.5 Å². The van der Waals surface area contributed by atoms with Gasteiger partial charge in [0.05, 0.1) is 0 Å². The average Bonchev–Trinajstić information content (AvgIpc) is 2.85. The summed E-state index contributed by atoms with van der Waals surface area (Å²) in [6, 6.07) is 7.05. The Hall–Kier alpha value is -1.39. The molecule has 2 aromatic rings. The van der Waals surface area contributed by atoms with E-state index in [1.807, 2.05) is 16.8 Å². The lowest BCUT2D eigenvalue weighted by atomic mass is 10.2. The molecule has 4 heteroatoms. The molecule has 1 aromatic heterocycles. The Morgan fingerprint density at radius 1 is 1.41 bits per heavy atom. The zero-order valence-electron chi connectivity index (χ0n) is 9.52. The summed E-state index contributed by atoms with van der Waals surface area (Å²) in [4.78, 5) is 0. The molecule has 1 atom stereocenters. The van der Waals surface area contributed by atoms with Crippen LogP contribution in [0.1, 0.15) is 17.2 Å². The fraction of sp³-hybridized carbons (Fsp3) is 0.231. The van der Waals surface area contributed by atoms with E-state index in [-0.39, 0.29) is 17.7 Å². The van der Waals surface area contributed by atoms with Gasteiger partial charge in [0.2, 0.25) is 0 Å².